The number of benzene rings is 1. The van der Waals surface area contributed by atoms with Crippen LogP contribution in [0.25, 0.3) is 0 Å². The molecule has 0 spiro atoms. The van der Waals surface area contributed by atoms with E-state index in [4.69, 9.17) is 0 Å². The Morgan fingerprint density at radius 2 is 2.10 bits per heavy atom. The highest BCUT2D eigenvalue weighted by Gasteiger charge is 2.09. The second kappa shape index (κ2) is 5.80. The molecule has 2 rings (SSSR count). The molecule has 2 N–H and O–H groups in total. The standard InChI is InChI=1S/C13H17N3O2S2/c1-9-6-11(4-5-12(9)16-20(3,17)18)15-10(2)13-7-14-8-19-13/h4-8,10,15-16H,1-3H3. The van der Waals surface area contributed by atoms with Crippen molar-refractivity contribution in [3.63, 3.8) is 0 Å². The number of hydrogen-bond donors (Lipinski definition) is 2. The first-order chi connectivity index (χ1) is 9.35. The number of aromatic nitrogens is 1. The second-order valence-electron chi connectivity index (χ2n) is 4.67. The Labute approximate surface area is 123 Å². The lowest BCUT2D eigenvalue weighted by atomic mass is 10.1. The molecule has 7 heteroatoms. The fraction of sp³-hybridized carbons (Fsp3) is 0.308. The first-order valence-corrected chi connectivity index (χ1v) is 8.85. The maximum absolute atomic E-state index is 11.2. The van der Waals surface area contributed by atoms with Crippen molar-refractivity contribution in [3.05, 3.63) is 40.3 Å². The number of rotatable bonds is 5. The minimum absolute atomic E-state index is 0.163. The zero-order valence-corrected chi connectivity index (χ0v) is 13.2. The van der Waals surface area contributed by atoms with Gasteiger partial charge in [-0.05, 0) is 37.6 Å². The van der Waals surface area contributed by atoms with Crippen molar-refractivity contribution >= 4 is 32.7 Å². The van der Waals surface area contributed by atoms with Gasteiger partial charge in [-0.15, -0.1) is 11.3 Å². The fourth-order valence-corrected chi connectivity index (χ4v) is 3.09. The summed E-state index contributed by atoms with van der Waals surface area (Å²) < 4.78 is 25.0. The summed E-state index contributed by atoms with van der Waals surface area (Å²) >= 11 is 1.60. The average Bonchev–Trinajstić information content (AvgIpc) is 2.85. The van der Waals surface area contributed by atoms with E-state index in [1.165, 1.54) is 0 Å². The highest BCUT2D eigenvalue weighted by molar-refractivity contribution is 7.92. The van der Waals surface area contributed by atoms with E-state index in [1.54, 1.807) is 22.9 Å². The summed E-state index contributed by atoms with van der Waals surface area (Å²) in [5.41, 5.74) is 4.22. The van der Waals surface area contributed by atoms with Crippen LogP contribution in [0, 0.1) is 6.92 Å². The molecule has 20 heavy (non-hydrogen) atoms. The molecule has 108 valence electrons. The van der Waals surface area contributed by atoms with Gasteiger partial charge in [-0.25, -0.2) is 8.42 Å². The smallest absolute Gasteiger partial charge is 0.229 e. The lowest BCUT2D eigenvalue weighted by molar-refractivity contribution is 0.607. The Morgan fingerprint density at radius 1 is 1.35 bits per heavy atom. The van der Waals surface area contributed by atoms with Crippen LogP contribution in [0.4, 0.5) is 11.4 Å². The molecule has 0 saturated carbocycles. The number of nitrogens with zero attached hydrogens (tertiary/aromatic N) is 1. The summed E-state index contributed by atoms with van der Waals surface area (Å²) in [5.74, 6) is 0. The zero-order valence-electron chi connectivity index (χ0n) is 11.5. The van der Waals surface area contributed by atoms with Gasteiger partial charge in [-0.3, -0.25) is 9.71 Å². The predicted molar refractivity (Wildman–Crippen MR) is 83.8 cm³/mol. The highest BCUT2D eigenvalue weighted by Crippen LogP contribution is 2.25. The van der Waals surface area contributed by atoms with E-state index in [9.17, 15) is 8.42 Å². The van der Waals surface area contributed by atoms with Gasteiger partial charge in [0.2, 0.25) is 10.0 Å². The molecule has 1 aromatic carbocycles. The quantitative estimate of drug-likeness (QED) is 0.890. The third kappa shape index (κ3) is 3.94. The number of aryl methyl sites for hydroxylation is 1. The maximum Gasteiger partial charge on any atom is 0.229 e. The van der Waals surface area contributed by atoms with Gasteiger partial charge in [-0.1, -0.05) is 0 Å². The molecule has 0 radical (unpaired) electrons. The van der Waals surface area contributed by atoms with Crippen LogP contribution in [-0.2, 0) is 10.0 Å². The molecule has 0 bridgehead atoms. The molecule has 1 aromatic heterocycles. The summed E-state index contributed by atoms with van der Waals surface area (Å²) in [4.78, 5) is 5.21. The second-order valence-corrected chi connectivity index (χ2v) is 7.34. The van der Waals surface area contributed by atoms with Crippen molar-refractivity contribution in [1.82, 2.24) is 4.98 Å². The van der Waals surface area contributed by atoms with E-state index in [-0.39, 0.29) is 6.04 Å². The van der Waals surface area contributed by atoms with Crippen molar-refractivity contribution < 1.29 is 8.42 Å². The Hall–Kier alpha value is -1.60. The van der Waals surface area contributed by atoms with Crippen molar-refractivity contribution in [2.45, 2.75) is 19.9 Å². The van der Waals surface area contributed by atoms with Crippen LogP contribution in [0.5, 0.6) is 0 Å². The molecule has 0 aliphatic carbocycles. The fourth-order valence-electron chi connectivity index (χ4n) is 1.83. The van der Waals surface area contributed by atoms with Crippen molar-refractivity contribution in [2.75, 3.05) is 16.3 Å². The van der Waals surface area contributed by atoms with Gasteiger partial charge in [0.05, 0.1) is 23.5 Å². The van der Waals surface area contributed by atoms with Gasteiger partial charge in [0.1, 0.15) is 0 Å². The molecule has 0 saturated heterocycles. The Morgan fingerprint density at radius 3 is 2.65 bits per heavy atom. The molecular formula is C13H17N3O2S2. The van der Waals surface area contributed by atoms with E-state index >= 15 is 0 Å². The zero-order chi connectivity index (χ0) is 14.8. The number of thiazole rings is 1. The molecule has 5 nitrogen and oxygen atoms in total. The Kier molecular flexibility index (Phi) is 4.29. The van der Waals surface area contributed by atoms with E-state index < -0.39 is 10.0 Å². The lowest BCUT2D eigenvalue weighted by Crippen LogP contribution is -2.11. The normalized spacial score (nSPS) is 12.9. The highest BCUT2D eigenvalue weighted by atomic mass is 32.2. The summed E-state index contributed by atoms with van der Waals surface area (Å²) in [6.07, 6.45) is 2.99. The molecule has 2 aromatic rings. The van der Waals surface area contributed by atoms with Crippen molar-refractivity contribution in [2.24, 2.45) is 0 Å². The van der Waals surface area contributed by atoms with Crippen molar-refractivity contribution in [3.8, 4) is 0 Å². The average molecular weight is 311 g/mol. The summed E-state index contributed by atoms with van der Waals surface area (Å²) in [7, 11) is -3.25. The van der Waals surface area contributed by atoms with Gasteiger partial charge in [0.25, 0.3) is 0 Å². The molecule has 1 unspecified atom stereocenters. The number of anilines is 2. The van der Waals surface area contributed by atoms with E-state index in [0.717, 1.165) is 22.4 Å². The SMILES string of the molecule is Cc1cc(NC(C)c2cncs2)ccc1NS(C)(=O)=O. The minimum atomic E-state index is -3.25. The van der Waals surface area contributed by atoms with Gasteiger partial charge >= 0.3 is 0 Å². The molecule has 0 aliphatic heterocycles. The maximum atomic E-state index is 11.2. The predicted octanol–water partition coefficient (Wildman–Crippen LogP) is 3.00. The van der Waals surface area contributed by atoms with Crippen molar-refractivity contribution in [1.29, 1.82) is 0 Å². The van der Waals surface area contributed by atoms with Crippen LogP contribution >= 0.6 is 11.3 Å². The molecular weight excluding hydrogens is 294 g/mol. The van der Waals surface area contributed by atoms with Gasteiger partial charge in [-0.2, -0.15) is 0 Å². The van der Waals surface area contributed by atoms with Gasteiger partial charge in [0.15, 0.2) is 0 Å². The molecule has 0 fully saturated rings. The van der Waals surface area contributed by atoms with E-state index in [0.29, 0.717) is 5.69 Å². The molecule has 1 heterocycles. The monoisotopic (exact) mass is 311 g/mol. The third-order valence-electron chi connectivity index (χ3n) is 2.78. The topological polar surface area (TPSA) is 71.1 Å². The van der Waals surface area contributed by atoms with Crippen LogP contribution in [0.3, 0.4) is 0 Å². The molecule has 0 amide bonds. The van der Waals surface area contributed by atoms with Crippen LogP contribution in [0.1, 0.15) is 23.4 Å². The summed E-state index contributed by atoms with van der Waals surface area (Å²) in [5, 5.41) is 3.37. The number of nitrogens with one attached hydrogen (secondary N) is 2. The molecule has 0 aliphatic rings. The van der Waals surface area contributed by atoms with E-state index in [1.807, 2.05) is 25.3 Å². The Balaban J connectivity index is 2.13. The van der Waals surface area contributed by atoms with Crippen LogP contribution in [0.2, 0.25) is 0 Å². The van der Waals surface area contributed by atoms with E-state index in [2.05, 4.69) is 21.9 Å². The first kappa shape index (κ1) is 14.8. The third-order valence-corrected chi connectivity index (χ3v) is 4.33. The van der Waals surface area contributed by atoms with Crippen LogP contribution in [0.15, 0.2) is 29.9 Å². The molecule has 1 atom stereocenters. The van der Waals surface area contributed by atoms with Gasteiger partial charge < -0.3 is 5.32 Å². The summed E-state index contributed by atoms with van der Waals surface area (Å²) in [6, 6.07) is 5.71. The van der Waals surface area contributed by atoms with Gasteiger partial charge in [0, 0.05) is 16.8 Å². The first-order valence-electron chi connectivity index (χ1n) is 6.08. The Bertz CT molecular complexity index is 682. The van der Waals surface area contributed by atoms with Crippen LogP contribution < -0.4 is 10.0 Å². The number of hydrogen-bond acceptors (Lipinski definition) is 5. The lowest BCUT2D eigenvalue weighted by Gasteiger charge is -2.15. The minimum Gasteiger partial charge on any atom is -0.378 e. The number of sulfonamides is 1. The van der Waals surface area contributed by atoms with Crippen LogP contribution in [-0.4, -0.2) is 19.7 Å². The summed E-state index contributed by atoms with van der Waals surface area (Å²) in [6.45, 7) is 3.93. The largest absolute Gasteiger partial charge is 0.378 e.